The number of hydrogen-bond donors (Lipinski definition) is 1. The maximum Gasteiger partial charge on any atom is 0.307 e. The third-order valence-electron chi connectivity index (χ3n) is 2.72. The van der Waals surface area contributed by atoms with E-state index in [9.17, 15) is 14.7 Å². The Morgan fingerprint density at radius 1 is 1.32 bits per heavy atom. The van der Waals surface area contributed by atoms with Crippen molar-refractivity contribution >= 4 is 11.9 Å². The number of para-hydroxylation sites is 1. The molecule has 0 bridgehead atoms. The van der Waals surface area contributed by atoms with Crippen LogP contribution in [-0.2, 0) is 20.7 Å². The molecule has 1 N–H and O–H groups in total. The van der Waals surface area contributed by atoms with Gasteiger partial charge < -0.3 is 14.7 Å². The maximum atomic E-state index is 11.9. The number of likely N-dealkylation sites (N-methyl/N-ethyl adjacent to an activating group) is 1. The number of phenols is 1. The fourth-order valence-corrected chi connectivity index (χ4v) is 1.58. The second-order valence-corrected chi connectivity index (χ2v) is 4.18. The highest BCUT2D eigenvalue weighted by atomic mass is 16.5. The zero-order valence-electron chi connectivity index (χ0n) is 11.3. The van der Waals surface area contributed by atoms with E-state index in [4.69, 9.17) is 4.74 Å². The Morgan fingerprint density at radius 2 is 2.00 bits per heavy atom. The summed E-state index contributed by atoms with van der Waals surface area (Å²) in [5, 5.41) is 9.58. The number of rotatable bonds is 6. The first-order valence-corrected chi connectivity index (χ1v) is 6.21. The molecule has 0 aliphatic rings. The quantitative estimate of drug-likeness (QED) is 0.788. The molecule has 0 heterocycles. The van der Waals surface area contributed by atoms with E-state index in [1.807, 2.05) is 0 Å². The molecule has 0 atom stereocenters. The number of carbonyl (C=O) groups excluding carboxylic acids is 2. The van der Waals surface area contributed by atoms with E-state index in [0.29, 0.717) is 18.7 Å². The smallest absolute Gasteiger partial charge is 0.307 e. The van der Waals surface area contributed by atoms with E-state index in [2.05, 4.69) is 0 Å². The van der Waals surface area contributed by atoms with Crippen molar-refractivity contribution in [2.45, 2.75) is 19.8 Å². The molecule has 0 aliphatic heterocycles. The van der Waals surface area contributed by atoms with Gasteiger partial charge in [-0.1, -0.05) is 18.2 Å². The lowest BCUT2D eigenvalue weighted by molar-refractivity contribution is -0.143. The summed E-state index contributed by atoms with van der Waals surface area (Å²) in [5.41, 5.74) is 0.579. The normalized spacial score (nSPS) is 10.0. The van der Waals surface area contributed by atoms with Crippen molar-refractivity contribution < 1.29 is 19.4 Å². The minimum Gasteiger partial charge on any atom is -0.508 e. The van der Waals surface area contributed by atoms with Crippen molar-refractivity contribution in [3.8, 4) is 5.75 Å². The molecule has 0 unspecified atom stereocenters. The summed E-state index contributed by atoms with van der Waals surface area (Å²) >= 11 is 0. The Bertz CT molecular complexity index is 445. The van der Waals surface area contributed by atoms with Gasteiger partial charge in [0.05, 0.1) is 19.4 Å². The van der Waals surface area contributed by atoms with Gasteiger partial charge in [0.1, 0.15) is 5.75 Å². The van der Waals surface area contributed by atoms with E-state index in [1.54, 1.807) is 38.2 Å². The first-order valence-electron chi connectivity index (χ1n) is 6.21. The highest BCUT2D eigenvalue weighted by Gasteiger charge is 2.13. The van der Waals surface area contributed by atoms with Crippen LogP contribution in [0.4, 0.5) is 0 Å². The van der Waals surface area contributed by atoms with Crippen molar-refractivity contribution in [2.75, 3.05) is 20.2 Å². The van der Waals surface area contributed by atoms with Crippen LogP contribution in [0.3, 0.4) is 0 Å². The molecule has 5 nitrogen and oxygen atoms in total. The summed E-state index contributed by atoms with van der Waals surface area (Å²) in [6.07, 6.45) is 0.294. The standard InChI is InChI=1S/C14H19NO4/c1-3-19-14(18)8-9-15(2)13(17)10-11-6-4-5-7-12(11)16/h4-7,16H,3,8-10H2,1-2H3. The zero-order chi connectivity index (χ0) is 14.3. The molecular weight excluding hydrogens is 246 g/mol. The Labute approximate surface area is 112 Å². The van der Waals surface area contributed by atoms with Crippen molar-refractivity contribution in [1.29, 1.82) is 0 Å². The first-order chi connectivity index (χ1) is 9.04. The summed E-state index contributed by atoms with van der Waals surface area (Å²) in [5.74, 6) is -0.356. The van der Waals surface area contributed by atoms with E-state index in [1.165, 1.54) is 4.90 Å². The molecule has 0 radical (unpaired) electrons. The Balaban J connectivity index is 2.45. The third kappa shape index (κ3) is 4.99. The van der Waals surface area contributed by atoms with Crippen LogP contribution in [-0.4, -0.2) is 42.1 Å². The number of esters is 1. The van der Waals surface area contributed by atoms with E-state index in [-0.39, 0.29) is 30.5 Å². The second-order valence-electron chi connectivity index (χ2n) is 4.18. The van der Waals surface area contributed by atoms with Crippen LogP contribution in [0.2, 0.25) is 0 Å². The van der Waals surface area contributed by atoms with Crippen LogP contribution in [0.25, 0.3) is 0 Å². The van der Waals surface area contributed by atoms with Crippen LogP contribution >= 0.6 is 0 Å². The molecule has 1 aromatic rings. The van der Waals surface area contributed by atoms with Gasteiger partial charge in [-0.3, -0.25) is 9.59 Å². The topological polar surface area (TPSA) is 66.8 Å². The SMILES string of the molecule is CCOC(=O)CCN(C)C(=O)Cc1ccccc1O. The molecule has 19 heavy (non-hydrogen) atoms. The molecule has 0 aliphatic carbocycles. The highest BCUT2D eigenvalue weighted by Crippen LogP contribution is 2.16. The van der Waals surface area contributed by atoms with Gasteiger partial charge in [-0.25, -0.2) is 0 Å². The lowest BCUT2D eigenvalue weighted by Gasteiger charge is -2.17. The summed E-state index contributed by atoms with van der Waals surface area (Å²) in [4.78, 5) is 24.5. The van der Waals surface area contributed by atoms with Gasteiger partial charge in [0, 0.05) is 19.2 Å². The molecule has 0 aromatic heterocycles. The molecule has 1 amide bonds. The third-order valence-corrected chi connectivity index (χ3v) is 2.72. The van der Waals surface area contributed by atoms with Crippen molar-refractivity contribution in [2.24, 2.45) is 0 Å². The van der Waals surface area contributed by atoms with Gasteiger partial charge >= 0.3 is 5.97 Å². The number of nitrogens with zero attached hydrogens (tertiary/aromatic N) is 1. The van der Waals surface area contributed by atoms with Gasteiger partial charge in [0.25, 0.3) is 0 Å². The number of benzene rings is 1. The lowest BCUT2D eigenvalue weighted by atomic mass is 10.1. The minimum atomic E-state index is -0.315. The monoisotopic (exact) mass is 265 g/mol. The molecular formula is C14H19NO4. The number of amides is 1. The zero-order valence-corrected chi connectivity index (χ0v) is 11.3. The molecule has 0 fully saturated rings. The van der Waals surface area contributed by atoms with E-state index < -0.39 is 0 Å². The number of phenolic OH excluding ortho intramolecular Hbond substituents is 1. The molecule has 0 spiro atoms. The largest absolute Gasteiger partial charge is 0.508 e. The second kappa shape index (κ2) is 7.41. The van der Waals surface area contributed by atoms with Crippen LogP contribution in [0.1, 0.15) is 18.9 Å². The summed E-state index contributed by atoms with van der Waals surface area (Å²) in [6, 6.07) is 6.71. The highest BCUT2D eigenvalue weighted by molar-refractivity contribution is 5.80. The average molecular weight is 265 g/mol. The van der Waals surface area contributed by atoms with Gasteiger partial charge in [-0.05, 0) is 13.0 Å². The van der Waals surface area contributed by atoms with E-state index >= 15 is 0 Å². The predicted octanol–water partition coefficient (Wildman–Crippen LogP) is 1.35. The molecule has 5 heteroatoms. The minimum absolute atomic E-state index is 0.106. The van der Waals surface area contributed by atoms with Gasteiger partial charge in [-0.2, -0.15) is 0 Å². The van der Waals surface area contributed by atoms with Gasteiger partial charge in [0.15, 0.2) is 0 Å². The fourth-order valence-electron chi connectivity index (χ4n) is 1.58. The van der Waals surface area contributed by atoms with Crippen LogP contribution in [0.5, 0.6) is 5.75 Å². The van der Waals surface area contributed by atoms with Gasteiger partial charge in [0.2, 0.25) is 5.91 Å². The molecule has 0 saturated carbocycles. The number of hydrogen-bond acceptors (Lipinski definition) is 4. The summed E-state index contributed by atoms with van der Waals surface area (Å²) in [7, 11) is 1.63. The van der Waals surface area contributed by atoms with Crippen molar-refractivity contribution in [1.82, 2.24) is 4.90 Å². The van der Waals surface area contributed by atoms with Crippen LogP contribution < -0.4 is 0 Å². The predicted molar refractivity (Wildman–Crippen MR) is 70.7 cm³/mol. The fraction of sp³-hybridized carbons (Fsp3) is 0.429. The van der Waals surface area contributed by atoms with E-state index in [0.717, 1.165) is 0 Å². The summed E-state index contributed by atoms with van der Waals surface area (Å²) in [6.45, 7) is 2.39. The molecule has 104 valence electrons. The molecule has 1 aromatic carbocycles. The first kappa shape index (κ1) is 15.0. The van der Waals surface area contributed by atoms with Crippen LogP contribution in [0.15, 0.2) is 24.3 Å². The Morgan fingerprint density at radius 3 is 2.63 bits per heavy atom. The molecule has 1 rings (SSSR count). The summed E-state index contributed by atoms with van der Waals surface area (Å²) < 4.78 is 4.79. The number of ether oxygens (including phenoxy) is 1. The Hall–Kier alpha value is -2.04. The lowest BCUT2D eigenvalue weighted by Crippen LogP contribution is -2.30. The van der Waals surface area contributed by atoms with Gasteiger partial charge in [-0.15, -0.1) is 0 Å². The Kier molecular flexibility index (Phi) is 5.85. The van der Waals surface area contributed by atoms with Crippen molar-refractivity contribution in [3.05, 3.63) is 29.8 Å². The number of carbonyl (C=O) groups is 2. The maximum absolute atomic E-state index is 11.9. The van der Waals surface area contributed by atoms with Crippen molar-refractivity contribution in [3.63, 3.8) is 0 Å². The average Bonchev–Trinajstić information content (AvgIpc) is 2.39. The molecule has 0 saturated heterocycles. The number of aromatic hydroxyl groups is 1. The van der Waals surface area contributed by atoms with Crippen LogP contribution in [0, 0.1) is 0 Å².